The molecule has 1 fully saturated rings. The topological polar surface area (TPSA) is 97.1 Å². The van der Waals surface area contributed by atoms with Gasteiger partial charge in [0.15, 0.2) is 0 Å². The Labute approximate surface area is 152 Å². The number of nitrogens with one attached hydrogen (secondary N) is 2. The minimum atomic E-state index is -0.0767. The predicted molar refractivity (Wildman–Crippen MR) is 96.3 cm³/mol. The summed E-state index contributed by atoms with van der Waals surface area (Å²) in [4.78, 5) is 27.5. The summed E-state index contributed by atoms with van der Waals surface area (Å²) in [5.41, 5.74) is 2.15. The van der Waals surface area contributed by atoms with E-state index < -0.39 is 0 Å². The molecule has 0 aliphatic carbocycles. The predicted octanol–water partition coefficient (Wildman–Crippen LogP) is 2.19. The van der Waals surface area contributed by atoms with Gasteiger partial charge in [0.25, 0.3) is 0 Å². The van der Waals surface area contributed by atoms with E-state index in [9.17, 15) is 9.59 Å². The first-order valence-corrected chi connectivity index (χ1v) is 9.00. The first kappa shape index (κ1) is 18.1. The molecular weight excluding hydrogens is 332 g/mol. The molecular formula is C19H24N4O3. The third-order valence-electron chi connectivity index (χ3n) is 4.50. The monoisotopic (exact) mass is 356 g/mol. The van der Waals surface area contributed by atoms with E-state index in [-0.39, 0.29) is 24.3 Å². The third kappa shape index (κ3) is 4.68. The molecule has 2 aromatic rings. The summed E-state index contributed by atoms with van der Waals surface area (Å²) in [6.45, 7) is 4.78. The van der Waals surface area contributed by atoms with Gasteiger partial charge in [-0.15, -0.1) is 0 Å². The average Bonchev–Trinajstić information content (AvgIpc) is 3.11. The molecule has 0 radical (unpaired) electrons. The van der Waals surface area contributed by atoms with Gasteiger partial charge in [-0.1, -0.05) is 43.3 Å². The second kappa shape index (κ2) is 8.12. The largest absolute Gasteiger partial charge is 0.354 e. The molecule has 1 atom stereocenters. The Kier molecular flexibility index (Phi) is 5.65. The Morgan fingerprint density at radius 3 is 2.77 bits per heavy atom. The number of hydrogen-bond acceptors (Lipinski definition) is 5. The Bertz CT molecular complexity index is 757. The number of piperidine rings is 1. The van der Waals surface area contributed by atoms with Crippen molar-refractivity contribution in [3.8, 4) is 11.4 Å². The first-order valence-electron chi connectivity index (χ1n) is 9.00. The van der Waals surface area contributed by atoms with Crippen LogP contribution in [0, 0.1) is 0 Å². The molecule has 1 saturated heterocycles. The number of benzene rings is 1. The van der Waals surface area contributed by atoms with Crippen molar-refractivity contribution in [2.75, 3.05) is 6.54 Å². The molecule has 2 N–H and O–H groups in total. The van der Waals surface area contributed by atoms with Crippen LogP contribution < -0.4 is 10.6 Å². The summed E-state index contributed by atoms with van der Waals surface area (Å²) in [5.74, 6) is 1.41. The molecule has 7 heteroatoms. The minimum absolute atomic E-state index is 0.00193. The molecule has 0 bridgehead atoms. The van der Waals surface area contributed by atoms with E-state index in [1.807, 2.05) is 12.1 Å². The van der Waals surface area contributed by atoms with Gasteiger partial charge in [-0.3, -0.25) is 9.59 Å². The molecule has 1 aromatic carbocycles. The fourth-order valence-electron chi connectivity index (χ4n) is 2.87. The molecule has 138 valence electrons. The van der Waals surface area contributed by atoms with Crippen molar-refractivity contribution in [1.29, 1.82) is 0 Å². The maximum Gasteiger partial charge on any atom is 0.227 e. The summed E-state index contributed by atoms with van der Waals surface area (Å²) < 4.78 is 5.25. The number of hydrogen-bond donors (Lipinski definition) is 2. The summed E-state index contributed by atoms with van der Waals surface area (Å²) in [5, 5.41) is 9.67. The van der Waals surface area contributed by atoms with Crippen LogP contribution in [0.25, 0.3) is 11.4 Å². The fourth-order valence-corrected chi connectivity index (χ4v) is 2.87. The number of amides is 2. The molecule has 2 heterocycles. The van der Waals surface area contributed by atoms with E-state index in [2.05, 4.69) is 46.8 Å². The van der Waals surface area contributed by atoms with E-state index in [4.69, 9.17) is 4.52 Å². The zero-order valence-corrected chi connectivity index (χ0v) is 15.1. The van der Waals surface area contributed by atoms with Crippen molar-refractivity contribution in [2.45, 2.75) is 51.5 Å². The third-order valence-corrected chi connectivity index (χ3v) is 4.50. The van der Waals surface area contributed by atoms with Crippen molar-refractivity contribution in [3.63, 3.8) is 0 Å². The summed E-state index contributed by atoms with van der Waals surface area (Å²) in [6.07, 6.45) is 1.79. The van der Waals surface area contributed by atoms with Gasteiger partial charge < -0.3 is 15.2 Å². The van der Waals surface area contributed by atoms with Gasteiger partial charge in [-0.2, -0.15) is 4.98 Å². The van der Waals surface area contributed by atoms with Crippen LogP contribution in [0.2, 0.25) is 0 Å². The highest BCUT2D eigenvalue weighted by Crippen LogP contribution is 2.20. The highest BCUT2D eigenvalue weighted by Gasteiger charge is 2.20. The van der Waals surface area contributed by atoms with Crippen LogP contribution in [0.5, 0.6) is 0 Å². The normalized spacial score (nSPS) is 17.2. The van der Waals surface area contributed by atoms with Crippen molar-refractivity contribution in [2.24, 2.45) is 0 Å². The zero-order valence-electron chi connectivity index (χ0n) is 15.1. The lowest BCUT2D eigenvalue weighted by Gasteiger charge is -2.23. The summed E-state index contributed by atoms with van der Waals surface area (Å²) in [6, 6.07) is 8.08. The van der Waals surface area contributed by atoms with Gasteiger partial charge in [0.05, 0.1) is 0 Å². The molecule has 0 unspecified atom stereocenters. The highest BCUT2D eigenvalue weighted by atomic mass is 16.5. The maximum absolute atomic E-state index is 12.0. The lowest BCUT2D eigenvalue weighted by atomic mass is 10.0. The Hall–Kier alpha value is -2.70. The highest BCUT2D eigenvalue weighted by molar-refractivity contribution is 5.79. The lowest BCUT2D eigenvalue weighted by Crippen LogP contribution is -2.47. The summed E-state index contributed by atoms with van der Waals surface area (Å²) >= 11 is 0. The zero-order chi connectivity index (χ0) is 18.5. The number of aromatic nitrogens is 2. The molecule has 1 aromatic heterocycles. The van der Waals surface area contributed by atoms with Gasteiger partial charge >= 0.3 is 0 Å². The van der Waals surface area contributed by atoms with Gasteiger partial charge in [0.2, 0.25) is 23.5 Å². The SMILES string of the molecule is CC(C)c1ccc(-c2noc(CCC(=O)N[C@H]3CCC(=O)NC3)n2)cc1. The van der Waals surface area contributed by atoms with Crippen LogP contribution >= 0.6 is 0 Å². The van der Waals surface area contributed by atoms with Gasteiger partial charge in [-0.25, -0.2) is 0 Å². The smallest absolute Gasteiger partial charge is 0.227 e. The van der Waals surface area contributed by atoms with Crippen LogP contribution in [0.1, 0.15) is 50.5 Å². The van der Waals surface area contributed by atoms with Crippen molar-refractivity contribution >= 4 is 11.8 Å². The maximum atomic E-state index is 12.0. The van der Waals surface area contributed by atoms with E-state index in [1.54, 1.807) is 0 Å². The first-order chi connectivity index (χ1) is 12.5. The Balaban J connectivity index is 1.50. The van der Waals surface area contributed by atoms with Crippen molar-refractivity contribution < 1.29 is 14.1 Å². The molecule has 7 nitrogen and oxygen atoms in total. The molecule has 2 amide bonds. The Morgan fingerprint density at radius 1 is 1.35 bits per heavy atom. The second-order valence-corrected chi connectivity index (χ2v) is 6.90. The van der Waals surface area contributed by atoms with Crippen LogP contribution in [-0.2, 0) is 16.0 Å². The van der Waals surface area contributed by atoms with Crippen molar-refractivity contribution in [1.82, 2.24) is 20.8 Å². The molecule has 26 heavy (non-hydrogen) atoms. The summed E-state index contributed by atoms with van der Waals surface area (Å²) in [7, 11) is 0. The Morgan fingerprint density at radius 2 is 2.12 bits per heavy atom. The van der Waals surface area contributed by atoms with E-state index in [0.717, 1.165) is 5.56 Å². The number of nitrogens with zero attached hydrogens (tertiary/aromatic N) is 2. The van der Waals surface area contributed by atoms with Gasteiger partial charge in [0, 0.05) is 37.4 Å². The number of aryl methyl sites for hydroxylation is 1. The van der Waals surface area contributed by atoms with Crippen LogP contribution in [-0.4, -0.2) is 34.5 Å². The van der Waals surface area contributed by atoms with E-state index >= 15 is 0 Å². The van der Waals surface area contributed by atoms with E-state index in [1.165, 1.54) is 5.56 Å². The number of rotatable bonds is 6. The molecule has 0 spiro atoms. The fraction of sp³-hybridized carbons (Fsp3) is 0.474. The van der Waals surface area contributed by atoms with Gasteiger partial charge in [-0.05, 0) is 17.9 Å². The lowest BCUT2D eigenvalue weighted by molar-refractivity contribution is -0.125. The van der Waals surface area contributed by atoms with Crippen LogP contribution in [0.3, 0.4) is 0 Å². The van der Waals surface area contributed by atoms with Gasteiger partial charge in [0.1, 0.15) is 0 Å². The standard InChI is InChI=1S/C19H24N4O3/c1-12(2)13-3-5-14(6-4-13)19-22-18(26-23-19)10-9-17(25)21-15-7-8-16(24)20-11-15/h3-6,12,15H,7-11H2,1-2H3,(H,20,24)(H,21,25)/t15-/m0/s1. The number of carbonyl (C=O) groups excluding carboxylic acids is 2. The van der Waals surface area contributed by atoms with E-state index in [0.29, 0.717) is 43.4 Å². The minimum Gasteiger partial charge on any atom is -0.354 e. The van der Waals surface area contributed by atoms with Crippen LogP contribution in [0.15, 0.2) is 28.8 Å². The molecule has 1 aliphatic heterocycles. The number of carbonyl (C=O) groups is 2. The average molecular weight is 356 g/mol. The molecule has 0 saturated carbocycles. The second-order valence-electron chi connectivity index (χ2n) is 6.90. The molecule has 3 rings (SSSR count). The van der Waals surface area contributed by atoms with Crippen molar-refractivity contribution in [3.05, 3.63) is 35.7 Å². The van der Waals surface area contributed by atoms with Crippen LogP contribution in [0.4, 0.5) is 0 Å². The molecule has 1 aliphatic rings. The quantitative estimate of drug-likeness (QED) is 0.827.